The van der Waals surface area contributed by atoms with Crippen LogP contribution in [-0.4, -0.2) is 52.5 Å². The molecular weight excluding hydrogens is 413 g/mol. The molecule has 1 fully saturated rings. The fourth-order valence-corrected chi connectivity index (χ4v) is 4.35. The lowest BCUT2D eigenvalue weighted by atomic mass is 9.90. The van der Waals surface area contributed by atoms with Crippen LogP contribution in [0, 0.1) is 5.82 Å². The predicted octanol–water partition coefficient (Wildman–Crippen LogP) is 2.14. The molecule has 1 aliphatic carbocycles. The highest BCUT2D eigenvalue weighted by molar-refractivity contribution is 5.74. The number of nitrogens with zero attached hydrogens (tertiary/aromatic N) is 4. The second-order valence-corrected chi connectivity index (χ2v) is 7.72. The summed E-state index contributed by atoms with van der Waals surface area (Å²) < 4.78 is 20.6. The van der Waals surface area contributed by atoms with Crippen LogP contribution in [0.5, 0.6) is 5.75 Å². The second-order valence-electron chi connectivity index (χ2n) is 7.72. The summed E-state index contributed by atoms with van der Waals surface area (Å²) in [6, 6.07) is 12.0. The Kier molecular flexibility index (Phi) is 6.60. The number of halogens is 1. The van der Waals surface area contributed by atoms with Gasteiger partial charge in [0.15, 0.2) is 0 Å². The Hall–Kier alpha value is -3.53. The fourth-order valence-electron chi connectivity index (χ4n) is 4.35. The molecule has 3 N–H and O–H groups in total. The molecule has 9 nitrogen and oxygen atoms in total. The summed E-state index contributed by atoms with van der Waals surface area (Å²) in [5, 5.41) is 20.6. The highest BCUT2D eigenvalue weighted by Crippen LogP contribution is 2.36. The number of nitrogens with one attached hydrogen (secondary N) is 3. The van der Waals surface area contributed by atoms with E-state index in [0.717, 1.165) is 35.4 Å². The number of tetrazole rings is 1. The standard InChI is InChI=1S/C22H26FN7O2/c1-24-22(31)27-19-9-8-18(21(19)14-3-5-16(23)6-4-14)25-12-15-11-17(7-10-20(15)32-2)30-13-26-28-29-30/h3-7,10-11,13,18-19,21,25H,8-9,12H2,1-2H3,(H2,24,27,31)/t18-,19-,21-/m0/s1. The monoisotopic (exact) mass is 439 g/mol. The summed E-state index contributed by atoms with van der Waals surface area (Å²) in [5.41, 5.74) is 2.77. The van der Waals surface area contributed by atoms with E-state index in [4.69, 9.17) is 4.74 Å². The Bertz CT molecular complexity index is 1040. The molecule has 2 aromatic carbocycles. The van der Waals surface area contributed by atoms with Crippen molar-refractivity contribution < 1.29 is 13.9 Å². The first-order valence-corrected chi connectivity index (χ1v) is 10.5. The van der Waals surface area contributed by atoms with E-state index in [1.54, 1.807) is 31.0 Å². The molecule has 10 heteroatoms. The molecule has 3 aromatic rings. The molecule has 168 valence electrons. The Labute approximate surface area is 185 Å². The second kappa shape index (κ2) is 9.73. The number of ether oxygens (including phenoxy) is 1. The van der Waals surface area contributed by atoms with Gasteiger partial charge in [-0.15, -0.1) is 5.10 Å². The highest BCUT2D eigenvalue weighted by Gasteiger charge is 2.37. The zero-order valence-corrected chi connectivity index (χ0v) is 18.0. The molecular formula is C22H26FN7O2. The van der Waals surface area contributed by atoms with E-state index in [1.807, 2.05) is 18.2 Å². The zero-order valence-electron chi connectivity index (χ0n) is 18.0. The quantitative estimate of drug-likeness (QED) is 0.521. The number of urea groups is 1. The van der Waals surface area contributed by atoms with Crippen LogP contribution in [-0.2, 0) is 6.54 Å². The van der Waals surface area contributed by atoms with Gasteiger partial charge in [0.2, 0.25) is 0 Å². The minimum Gasteiger partial charge on any atom is -0.496 e. The first-order chi connectivity index (χ1) is 15.6. The highest BCUT2D eigenvalue weighted by atomic mass is 19.1. The number of amides is 2. The summed E-state index contributed by atoms with van der Waals surface area (Å²) in [6.07, 6.45) is 3.22. The van der Waals surface area contributed by atoms with Gasteiger partial charge < -0.3 is 20.7 Å². The summed E-state index contributed by atoms with van der Waals surface area (Å²) >= 11 is 0. The summed E-state index contributed by atoms with van der Waals surface area (Å²) in [5.74, 6) is 0.475. The van der Waals surface area contributed by atoms with Crippen molar-refractivity contribution in [1.29, 1.82) is 0 Å². The zero-order chi connectivity index (χ0) is 22.5. The van der Waals surface area contributed by atoms with E-state index in [2.05, 4.69) is 31.5 Å². The van der Waals surface area contributed by atoms with E-state index in [-0.39, 0.29) is 29.8 Å². The van der Waals surface area contributed by atoms with Gasteiger partial charge in [-0.3, -0.25) is 0 Å². The van der Waals surface area contributed by atoms with Gasteiger partial charge in [0, 0.05) is 37.2 Å². The molecule has 1 aliphatic rings. The number of benzene rings is 2. The smallest absolute Gasteiger partial charge is 0.314 e. The van der Waals surface area contributed by atoms with Gasteiger partial charge in [0.05, 0.1) is 12.8 Å². The van der Waals surface area contributed by atoms with Crippen molar-refractivity contribution in [3.63, 3.8) is 0 Å². The molecule has 2 amide bonds. The van der Waals surface area contributed by atoms with Crippen molar-refractivity contribution in [2.24, 2.45) is 0 Å². The largest absolute Gasteiger partial charge is 0.496 e. The van der Waals surface area contributed by atoms with Gasteiger partial charge in [-0.05, 0) is 59.2 Å². The van der Waals surface area contributed by atoms with Crippen LogP contribution in [0.3, 0.4) is 0 Å². The third kappa shape index (κ3) is 4.70. The summed E-state index contributed by atoms with van der Waals surface area (Å²) in [7, 11) is 3.23. The molecule has 3 atom stereocenters. The van der Waals surface area contributed by atoms with Crippen LogP contribution >= 0.6 is 0 Å². The van der Waals surface area contributed by atoms with Gasteiger partial charge >= 0.3 is 6.03 Å². The summed E-state index contributed by atoms with van der Waals surface area (Å²) in [4.78, 5) is 12.0. The van der Waals surface area contributed by atoms with Crippen molar-refractivity contribution in [2.45, 2.75) is 37.4 Å². The van der Waals surface area contributed by atoms with Crippen molar-refractivity contribution in [1.82, 2.24) is 36.2 Å². The molecule has 0 bridgehead atoms. The molecule has 0 radical (unpaired) electrons. The maximum atomic E-state index is 13.5. The van der Waals surface area contributed by atoms with Crippen LogP contribution in [0.2, 0.25) is 0 Å². The van der Waals surface area contributed by atoms with Gasteiger partial charge in [-0.25, -0.2) is 13.9 Å². The molecule has 1 saturated carbocycles. The molecule has 1 heterocycles. The van der Waals surface area contributed by atoms with E-state index in [1.165, 1.54) is 18.5 Å². The number of hydrogen-bond donors (Lipinski definition) is 3. The normalized spacial score (nSPS) is 20.2. The third-order valence-corrected chi connectivity index (χ3v) is 5.89. The Morgan fingerprint density at radius 1 is 1.19 bits per heavy atom. The lowest BCUT2D eigenvalue weighted by molar-refractivity contribution is 0.237. The average molecular weight is 439 g/mol. The average Bonchev–Trinajstić information content (AvgIpc) is 3.48. The molecule has 1 aromatic heterocycles. The van der Waals surface area contributed by atoms with Gasteiger partial charge in [-0.2, -0.15) is 0 Å². The Balaban J connectivity index is 1.55. The Morgan fingerprint density at radius 3 is 2.66 bits per heavy atom. The van der Waals surface area contributed by atoms with Gasteiger partial charge in [0.1, 0.15) is 17.9 Å². The SMILES string of the molecule is CNC(=O)N[C@H]1CC[C@H](NCc2cc(-n3cnnn3)ccc2OC)[C@@H]1c1ccc(F)cc1. The molecule has 0 unspecified atom stereocenters. The minimum atomic E-state index is -0.281. The lowest BCUT2D eigenvalue weighted by Gasteiger charge is -2.27. The van der Waals surface area contributed by atoms with Gasteiger partial charge in [-0.1, -0.05) is 12.1 Å². The van der Waals surface area contributed by atoms with Crippen molar-refractivity contribution >= 4 is 6.03 Å². The molecule has 0 aliphatic heterocycles. The Morgan fingerprint density at radius 2 is 1.97 bits per heavy atom. The molecule has 4 rings (SSSR count). The maximum absolute atomic E-state index is 13.5. The molecule has 0 saturated heterocycles. The number of methoxy groups -OCH3 is 1. The summed E-state index contributed by atoms with van der Waals surface area (Å²) in [6.45, 7) is 0.550. The van der Waals surface area contributed by atoms with E-state index in [0.29, 0.717) is 6.54 Å². The lowest BCUT2D eigenvalue weighted by Crippen LogP contribution is -2.44. The van der Waals surface area contributed by atoms with Crippen LogP contribution in [0.25, 0.3) is 5.69 Å². The maximum Gasteiger partial charge on any atom is 0.314 e. The van der Waals surface area contributed by atoms with Crippen LogP contribution in [0.4, 0.5) is 9.18 Å². The number of hydrogen-bond acceptors (Lipinski definition) is 6. The topological polar surface area (TPSA) is 106 Å². The minimum absolute atomic E-state index is 0.00147. The fraction of sp³-hybridized carbons (Fsp3) is 0.364. The van der Waals surface area contributed by atoms with Crippen LogP contribution in [0.15, 0.2) is 48.8 Å². The first-order valence-electron chi connectivity index (χ1n) is 10.5. The van der Waals surface area contributed by atoms with Crippen LogP contribution < -0.4 is 20.7 Å². The molecule has 0 spiro atoms. The van der Waals surface area contributed by atoms with E-state index >= 15 is 0 Å². The molecule has 32 heavy (non-hydrogen) atoms. The van der Waals surface area contributed by atoms with Crippen LogP contribution in [0.1, 0.15) is 29.9 Å². The third-order valence-electron chi connectivity index (χ3n) is 5.89. The van der Waals surface area contributed by atoms with E-state index in [9.17, 15) is 9.18 Å². The predicted molar refractivity (Wildman–Crippen MR) is 116 cm³/mol. The number of rotatable bonds is 7. The van der Waals surface area contributed by atoms with Crippen molar-refractivity contribution in [3.8, 4) is 11.4 Å². The number of carbonyl (C=O) groups is 1. The number of aromatic nitrogens is 4. The van der Waals surface area contributed by atoms with Crippen molar-refractivity contribution in [3.05, 3.63) is 65.7 Å². The number of carbonyl (C=O) groups excluding carboxylic acids is 1. The van der Waals surface area contributed by atoms with Gasteiger partial charge in [0.25, 0.3) is 0 Å². The van der Waals surface area contributed by atoms with Crippen molar-refractivity contribution in [2.75, 3.05) is 14.2 Å². The van der Waals surface area contributed by atoms with E-state index < -0.39 is 0 Å². The first kappa shape index (κ1) is 21.7.